The van der Waals surface area contributed by atoms with Crippen LogP contribution in [0.5, 0.6) is 0 Å². The SMILES string of the molecule is CC12CN(C(=O)O)CCN1C(=O)N(c1ccc(C#N)c(C(F)(F)F)c1)C2. The first-order valence-electron chi connectivity index (χ1n) is 7.75. The van der Waals surface area contributed by atoms with Crippen LogP contribution in [-0.2, 0) is 6.18 Å². The van der Waals surface area contributed by atoms with E-state index in [1.165, 1.54) is 26.8 Å². The van der Waals surface area contributed by atoms with Gasteiger partial charge < -0.3 is 14.9 Å². The van der Waals surface area contributed by atoms with E-state index in [1.807, 2.05) is 0 Å². The van der Waals surface area contributed by atoms with Crippen LogP contribution in [0.3, 0.4) is 0 Å². The van der Waals surface area contributed by atoms with Gasteiger partial charge in [-0.2, -0.15) is 18.4 Å². The number of piperazine rings is 1. The molecule has 0 radical (unpaired) electrons. The molecule has 2 heterocycles. The van der Waals surface area contributed by atoms with Crippen LogP contribution in [0.1, 0.15) is 18.1 Å². The standard InChI is InChI=1S/C16H15F3N4O3/c1-15-8-21(14(25)26)4-5-23(15)13(24)22(9-15)11-3-2-10(7-20)12(6-11)16(17,18)19/h2-3,6H,4-5,8-9H2,1H3,(H,25,26). The summed E-state index contributed by atoms with van der Waals surface area (Å²) in [5.41, 5.74) is -2.43. The zero-order chi connectivity index (χ0) is 19.3. The number of hydrogen-bond donors (Lipinski definition) is 1. The number of urea groups is 1. The quantitative estimate of drug-likeness (QED) is 0.825. The third-order valence-corrected chi connectivity index (χ3v) is 4.75. The van der Waals surface area contributed by atoms with Crippen LogP contribution in [0.4, 0.5) is 28.4 Å². The molecule has 0 saturated carbocycles. The first kappa shape index (κ1) is 17.8. The summed E-state index contributed by atoms with van der Waals surface area (Å²) in [7, 11) is 0. The van der Waals surface area contributed by atoms with Crippen LogP contribution in [0.2, 0.25) is 0 Å². The minimum atomic E-state index is -4.72. The molecule has 3 rings (SSSR count). The Kier molecular flexibility index (Phi) is 3.98. The number of hydrogen-bond acceptors (Lipinski definition) is 3. The van der Waals surface area contributed by atoms with Crippen molar-refractivity contribution in [3.05, 3.63) is 29.3 Å². The second-order valence-electron chi connectivity index (χ2n) is 6.56. The lowest BCUT2D eigenvalue weighted by atomic mass is 9.98. The van der Waals surface area contributed by atoms with E-state index in [2.05, 4.69) is 0 Å². The molecular weight excluding hydrogens is 353 g/mol. The van der Waals surface area contributed by atoms with E-state index < -0.39 is 35.0 Å². The van der Waals surface area contributed by atoms with Gasteiger partial charge >= 0.3 is 18.3 Å². The predicted octanol–water partition coefficient (Wildman–Crippen LogP) is 2.57. The van der Waals surface area contributed by atoms with Crippen molar-refractivity contribution in [3.63, 3.8) is 0 Å². The Labute approximate surface area is 146 Å². The highest BCUT2D eigenvalue weighted by Crippen LogP contribution is 2.38. The summed E-state index contributed by atoms with van der Waals surface area (Å²) in [6.07, 6.45) is -5.82. The Bertz CT molecular complexity index is 820. The molecule has 0 aromatic heterocycles. The molecule has 3 amide bonds. The Morgan fingerprint density at radius 2 is 2.00 bits per heavy atom. The van der Waals surface area contributed by atoms with Crippen molar-refractivity contribution in [1.29, 1.82) is 5.26 Å². The fourth-order valence-electron chi connectivity index (χ4n) is 3.48. The molecule has 0 aliphatic carbocycles. The Morgan fingerprint density at radius 3 is 2.58 bits per heavy atom. The van der Waals surface area contributed by atoms with Gasteiger partial charge in [0.05, 0.1) is 29.3 Å². The maximum absolute atomic E-state index is 13.2. The maximum atomic E-state index is 13.2. The number of carbonyl (C=O) groups is 2. The molecular formula is C16H15F3N4O3. The van der Waals surface area contributed by atoms with E-state index in [0.717, 1.165) is 12.1 Å². The second-order valence-corrected chi connectivity index (χ2v) is 6.56. The summed E-state index contributed by atoms with van der Waals surface area (Å²) in [6, 6.07) is 4.14. The number of carboxylic acid groups (broad SMARTS) is 1. The number of nitrogens with zero attached hydrogens (tertiary/aromatic N) is 4. The van der Waals surface area contributed by atoms with Crippen molar-refractivity contribution < 1.29 is 27.9 Å². The van der Waals surface area contributed by atoms with Crippen LogP contribution in [0, 0.1) is 11.3 Å². The molecule has 0 bridgehead atoms. The minimum absolute atomic E-state index is 0.0267. The second kappa shape index (κ2) is 5.79. The third-order valence-electron chi connectivity index (χ3n) is 4.75. The van der Waals surface area contributed by atoms with Gasteiger partial charge in [-0.05, 0) is 25.1 Å². The summed E-state index contributed by atoms with van der Waals surface area (Å²) >= 11 is 0. The summed E-state index contributed by atoms with van der Waals surface area (Å²) in [6.45, 7) is 2.15. The number of rotatable bonds is 1. The molecule has 2 aliphatic rings. The fraction of sp³-hybridized carbons (Fsp3) is 0.438. The molecule has 10 heteroatoms. The lowest BCUT2D eigenvalue weighted by molar-refractivity contribution is -0.137. The lowest BCUT2D eigenvalue weighted by Gasteiger charge is -2.42. The zero-order valence-corrected chi connectivity index (χ0v) is 13.7. The molecule has 0 spiro atoms. The van der Waals surface area contributed by atoms with Crippen LogP contribution < -0.4 is 4.90 Å². The monoisotopic (exact) mass is 368 g/mol. The maximum Gasteiger partial charge on any atom is 0.417 e. The molecule has 1 aromatic rings. The van der Waals surface area contributed by atoms with Gasteiger partial charge in [0, 0.05) is 25.3 Å². The predicted molar refractivity (Wildman–Crippen MR) is 83.6 cm³/mol. The minimum Gasteiger partial charge on any atom is -0.465 e. The van der Waals surface area contributed by atoms with Crippen molar-refractivity contribution in [2.75, 3.05) is 31.1 Å². The number of halogens is 3. The van der Waals surface area contributed by atoms with Crippen molar-refractivity contribution in [1.82, 2.24) is 9.80 Å². The first-order chi connectivity index (χ1) is 12.1. The topological polar surface area (TPSA) is 87.9 Å². The van der Waals surface area contributed by atoms with Crippen molar-refractivity contribution in [2.24, 2.45) is 0 Å². The third kappa shape index (κ3) is 2.79. The van der Waals surface area contributed by atoms with E-state index in [0.29, 0.717) is 0 Å². The summed E-state index contributed by atoms with van der Waals surface area (Å²) in [4.78, 5) is 27.7. The smallest absolute Gasteiger partial charge is 0.417 e. The molecule has 2 aliphatic heterocycles. The van der Waals surface area contributed by atoms with Gasteiger partial charge in [0.25, 0.3) is 0 Å². The van der Waals surface area contributed by atoms with Gasteiger partial charge in [-0.3, -0.25) is 4.90 Å². The zero-order valence-electron chi connectivity index (χ0n) is 13.7. The molecule has 26 heavy (non-hydrogen) atoms. The van der Waals surface area contributed by atoms with Crippen LogP contribution in [0.15, 0.2) is 18.2 Å². The van der Waals surface area contributed by atoms with Crippen molar-refractivity contribution >= 4 is 17.8 Å². The molecule has 1 aromatic carbocycles. The lowest BCUT2D eigenvalue weighted by Crippen LogP contribution is -2.60. The summed E-state index contributed by atoms with van der Waals surface area (Å²) in [5.74, 6) is 0. The average Bonchev–Trinajstić information content (AvgIpc) is 2.84. The number of alkyl halides is 3. The van der Waals surface area contributed by atoms with Gasteiger partial charge in [0.2, 0.25) is 0 Å². The Hall–Kier alpha value is -2.96. The number of amides is 3. The van der Waals surface area contributed by atoms with Gasteiger partial charge in [-0.15, -0.1) is 0 Å². The van der Waals surface area contributed by atoms with E-state index in [9.17, 15) is 22.8 Å². The molecule has 1 N–H and O–H groups in total. The number of benzene rings is 1. The van der Waals surface area contributed by atoms with Gasteiger partial charge in [0.1, 0.15) is 0 Å². The highest BCUT2D eigenvalue weighted by atomic mass is 19.4. The van der Waals surface area contributed by atoms with E-state index in [-0.39, 0.29) is 31.9 Å². The molecule has 138 valence electrons. The Balaban J connectivity index is 1.96. The van der Waals surface area contributed by atoms with Crippen molar-refractivity contribution in [2.45, 2.75) is 18.6 Å². The normalized spacial score (nSPS) is 23.0. The molecule has 1 atom stereocenters. The van der Waals surface area contributed by atoms with Gasteiger partial charge in [-0.1, -0.05) is 0 Å². The van der Waals surface area contributed by atoms with Crippen LogP contribution >= 0.6 is 0 Å². The largest absolute Gasteiger partial charge is 0.465 e. The molecule has 1 unspecified atom stereocenters. The highest BCUT2D eigenvalue weighted by molar-refractivity contribution is 5.96. The van der Waals surface area contributed by atoms with Gasteiger partial charge in [0.15, 0.2) is 0 Å². The van der Waals surface area contributed by atoms with Crippen LogP contribution in [-0.4, -0.2) is 58.7 Å². The Morgan fingerprint density at radius 1 is 1.31 bits per heavy atom. The number of fused-ring (bicyclic) bond motifs is 1. The van der Waals surface area contributed by atoms with Gasteiger partial charge in [-0.25, -0.2) is 9.59 Å². The highest BCUT2D eigenvalue weighted by Gasteiger charge is 2.51. The van der Waals surface area contributed by atoms with E-state index >= 15 is 0 Å². The van der Waals surface area contributed by atoms with E-state index in [4.69, 9.17) is 10.4 Å². The summed E-state index contributed by atoms with van der Waals surface area (Å²) < 4.78 is 39.5. The molecule has 7 nitrogen and oxygen atoms in total. The number of carbonyl (C=O) groups excluding carboxylic acids is 1. The molecule has 2 saturated heterocycles. The summed E-state index contributed by atoms with van der Waals surface area (Å²) in [5, 5.41) is 18.0. The van der Waals surface area contributed by atoms with E-state index in [1.54, 1.807) is 6.92 Å². The fourth-order valence-corrected chi connectivity index (χ4v) is 3.48. The van der Waals surface area contributed by atoms with Crippen molar-refractivity contribution in [3.8, 4) is 6.07 Å². The average molecular weight is 368 g/mol. The van der Waals surface area contributed by atoms with Crippen LogP contribution in [0.25, 0.3) is 0 Å². The number of anilines is 1. The number of nitriles is 1. The first-order valence-corrected chi connectivity index (χ1v) is 7.75. The molecule has 2 fully saturated rings.